The van der Waals surface area contributed by atoms with Gasteiger partial charge in [-0.1, -0.05) is 11.6 Å². The summed E-state index contributed by atoms with van der Waals surface area (Å²) in [5.41, 5.74) is 0. The molecule has 1 aromatic heterocycles. The van der Waals surface area contributed by atoms with Crippen LogP contribution in [0.2, 0.25) is 5.02 Å². The Hall–Kier alpha value is -1.95. The summed E-state index contributed by atoms with van der Waals surface area (Å²) in [4.78, 5) is 13.7. The number of piperidine rings is 1. The minimum atomic E-state index is -3.94. The summed E-state index contributed by atoms with van der Waals surface area (Å²) in [6.45, 7) is 0.412. The highest BCUT2D eigenvalue weighted by molar-refractivity contribution is 7.91. The van der Waals surface area contributed by atoms with Gasteiger partial charge in [0.05, 0.1) is 21.4 Å². The van der Waals surface area contributed by atoms with Gasteiger partial charge in [-0.15, -0.1) is 0 Å². The Morgan fingerprint density at radius 2 is 1.90 bits per heavy atom. The Bertz CT molecular complexity index is 1130. The first-order valence-corrected chi connectivity index (χ1v) is 13.1. The number of hydrogen-bond acceptors (Lipinski definition) is 6. The van der Waals surface area contributed by atoms with Crippen LogP contribution in [0.1, 0.15) is 25.0 Å². The Morgan fingerprint density at radius 3 is 2.52 bits per heavy atom. The molecule has 1 aliphatic rings. The van der Waals surface area contributed by atoms with Crippen molar-refractivity contribution >= 4 is 37.4 Å². The predicted octanol–water partition coefficient (Wildman–Crippen LogP) is 2.35. The lowest BCUT2D eigenvalue weighted by Gasteiger charge is -2.31. The molecule has 0 unspecified atom stereocenters. The molecular weight excluding hydrogens is 471 g/mol. The van der Waals surface area contributed by atoms with Crippen LogP contribution in [0.15, 0.2) is 45.9 Å². The highest BCUT2D eigenvalue weighted by Gasteiger charge is 2.32. The smallest absolute Gasteiger partial charge is 0.240 e. The average Bonchev–Trinajstić information content (AvgIpc) is 3.22. The van der Waals surface area contributed by atoms with Gasteiger partial charge < -0.3 is 9.32 Å². The topological polar surface area (TPSA) is 114 Å². The fourth-order valence-corrected chi connectivity index (χ4v) is 6.38. The fourth-order valence-electron chi connectivity index (χ4n) is 3.35. The van der Waals surface area contributed by atoms with Gasteiger partial charge in [0.1, 0.15) is 17.3 Å². The maximum absolute atomic E-state index is 13.2. The molecule has 0 spiro atoms. The third kappa shape index (κ3) is 6.06. The molecule has 31 heavy (non-hydrogen) atoms. The number of sulfonamides is 1. The summed E-state index contributed by atoms with van der Waals surface area (Å²) in [6, 6.07) is 6.27. The molecule has 1 fully saturated rings. The molecule has 1 saturated heterocycles. The first kappa shape index (κ1) is 23.7. The molecule has 3 rings (SSSR count). The summed E-state index contributed by atoms with van der Waals surface area (Å²) < 4.78 is 70.1. The molecule has 2 heterocycles. The normalized spacial score (nSPS) is 15.9. The monoisotopic (exact) mass is 492 g/mol. The number of sulfone groups is 1. The second kappa shape index (κ2) is 9.68. The Balaban J connectivity index is 1.47. The molecule has 0 saturated carbocycles. The number of nitrogens with one attached hydrogen (secondary N) is 1. The minimum Gasteiger partial charge on any atom is -0.468 e. The van der Waals surface area contributed by atoms with Crippen molar-refractivity contribution in [3.63, 3.8) is 0 Å². The van der Waals surface area contributed by atoms with Gasteiger partial charge in [-0.25, -0.2) is 25.9 Å². The van der Waals surface area contributed by atoms with Crippen molar-refractivity contribution in [1.29, 1.82) is 0 Å². The first-order valence-electron chi connectivity index (χ1n) is 9.55. The third-order valence-electron chi connectivity index (χ3n) is 5.06. The second-order valence-electron chi connectivity index (χ2n) is 7.19. The molecule has 170 valence electrons. The van der Waals surface area contributed by atoms with E-state index in [4.69, 9.17) is 16.0 Å². The van der Waals surface area contributed by atoms with Crippen LogP contribution in [0, 0.1) is 5.82 Å². The van der Waals surface area contributed by atoms with Gasteiger partial charge in [0.2, 0.25) is 15.9 Å². The van der Waals surface area contributed by atoms with Crippen molar-refractivity contribution < 1.29 is 30.4 Å². The molecule has 0 atom stereocenters. The third-order valence-corrected chi connectivity index (χ3v) is 8.98. The molecule has 8 nitrogen and oxygen atoms in total. The number of carbonyl (C=O) groups is 1. The number of hydrogen-bond donors (Lipinski definition) is 1. The molecule has 0 bridgehead atoms. The summed E-state index contributed by atoms with van der Waals surface area (Å²) in [7, 11) is -7.33. The number of rotatable bonds is 8. The van der Waals surface area contributed by atoms with Crippen LogP contribution in [-0.4, -0.2) is 52.5 Å². The molecule has 1 amide bonds. The van der Waals surface area contributed by atoms with Crippen molar-refractivity contribution in [3.8, 4) is 0 Å². The lowest BCUT2D eigenvalue weighted by molar-refractivity contribution is -0.131. The number of benzene rings is 1. The van der Waals surface area contributed by atoms with E-state index in [9.17, 15) is 26.0 Å². The summed E-state index contributed by atoms with van der Waals surface area (Å²) in [6.07, 6.45) is 1.96. The number of likely N-dealkylation sites (tertiary alicyclic amines) is 1. The summed E-state index contributed by atoms with van der Waals surface area (Å²) in [5.74, 6) is -0.798. The average molecular weight is 493 g/mol. The lowest BCUT2D eigenvalue weighted by Crippen LogP contribution is -2.43. The quantitative estimate of drug-likeness (QED) is 0.605. The van der Waals surface area contributed by atoms with Crippen LogP contribution in [0.4, 0.5) is 4.39 Å². The van der Waals surface area contributed by atoms with Gasteiger partial charge >= 0.3 is 0 Å². The molecule has 2 aromatic rings. The van der Waals surface area contributed by atoms with Crippen LogP contribution in [-0.2, 0) is 30.4 Å². The molecule has 0 aliphatic carbocycles. The maximum atomic E-state index is 13.2. The SMILES string of the molecule is O=C(CCNS(=O)(=O)c1ccc(F)c(Cl)c1)N1CCC(S(=O)(=O)Cc2ccco2)CC1. The molecule has 0 radical (unpaired) electrons. The predicted molar refractivity (Wildman–Crippen MR) is 112 cm³/mol. The van der Waals surface area contributed by atoms with E-state index >= 15 is 0 Å². The Morgan fingerprint density at radius 1 is 1.19 bits per heavy atom. The maximum Gasteiger partial charge on any atom is 0.240 e. The molecule has 12 heteroatoms. The van der Waals surface area contributed by atoms with E-state index in [0.717, 1.165) is 18.2 Å². The lowest BCUT2D eigenvalue weighted by atomic mass is 10.1. The highest BCUT2D eigenvalue weighted by Crippen LogP contribution is 2.22. The molecular formula is C19H22ClFN2O6S2. The van der Waals surface area contributed by atoms with Gasteiger partial charge in [-0.3, -0.25) is 4.79 Å². The van der Waals surface area contributed by atoms with Crippen LogP contribution in [0.3, 0.4) is 0 Å². The first-order chi connectivity index (χ1) is 14.6. The number of halogens is 2. The highest BCUT2D eigenvalue weighted by atomic mass is 35.5. The Labute approximate surface area is 185 Å². The zero-order valence-corrected chi connectivity index (χ0v) is 18.8. The van der Waals surface area contributed by atoms with E-state index in [1.54, 1.807) is 12.1 Å². The van der Waals surface area contributed by atoms with E-state index in [2.05, 4.69) is 4.72 Å². The van der Waals surface area contributed by atoms with Crippen LogP contribution in [0.25, 0.3) is 0 Å². The van der Waals surface area contributed by atoms with E-state index in [-0.39, 0.29) is 47.6 Å². The van der Waals surface area contributed by atoms with E-state index in [1.807, 2.05) is 0 Å². The Kier molecular flexibility index (Phi) is 7.40. The van der Waals surface area contributed by atoms with Gasteiger partial charge in [-0.2, -0.15) is 0 Å². The summed E-state index contributed by atoms with van der Waals surface area (Å²) in [5, 5.41) is -0.868. The van der Waals surface area contributed by atoms with Crippen molar-refractivity contribution in [2.75, 3.05) is 19.6 Å². The van der Waals surface area contributed by atoms with Crippen molar-refractivity contribution in [1.82, 2.24) is 9.62 Å². The largest absolute Gasteiger partial charge is 0.468 e. The van der Waals surface area contributed by atoms with E-state index in [0.29, 0.717) is 18.6 Å². The van der Waals surface area contributed by atoms with Crippen LogP contribution in [0.5, 0.6) is 0 Å². The van der Waals surface area contributed by atoms with Crippen LogP contribution >= 0.6 is 11.6 Å². The van der Waals surface area contributed by atoms with Crippen molar-refractivity contribution in [2.24, 2.45) is 0 Å². The number of carbonyl (C=O) groups excluding carboxylic acids is 1. The van der Waals surface area contributed by atoms with Gasteiger partial charge in [0, 0.05) is 26.1 Å². The van der Waals surface area contributed by atoms with Gasteiger partial charge in [0.25, 0.3) is 0 Å². The summed E-state index contributed by atoms with van der Waals surface area (Å²) >= 11 is 5.61. The van der Waals surface area contributed by atoms with Gasteiger partial charge in [-0.05, 0) is 43.2 Å². The zero-order chi connectivity index (χ0) is 22.6. The van der Waals surface area contributed by atoms with Crippen LogP contribution < -0.4 is 4.72 Å². The van der Waals surface area contributed by atoms with Crippen molar-refractivity contribution in [2.45, 2.75) is 35.2 Å². The van der Waals surface area contributed by atoms with E-state index < -0.39 is 30.9 Å². The molecule has 1 N–H and O–H groups in total. The number of nitrogens with zero attached hydrogens (tertiary/aromatic N) is 1. The molecule has 1 aromatic carbocycles. The van der Waals surface area contributed by atoms with Crippen molar-refractivity contribution in [3.05, 3.63) is 53.2 Å². The molecule has 1 aliphatic heterocycles. The number of furan rings is 1. The standard InChI is InChI=1S/C19H22ClFN2O6S2/c20-17-12-16(3-4-18(17)21)31(27,28)22-8-5-19(24)23-9-6-15(7-10-23)30(25,26)13-14-2-1-11-29-14/h1-4,11-12,15,22H,5-10,13H2. The van der Waals surface area contributed by atoms with Gasteiger partial charge in [0.15, 0.2) is 9.84 Å². The van der Waals surface area contributed by atoms with E-state index in [1.165, 1.54) is 11.2 Å². The number of amides is 1. The fraction of sp³-hybridized carbons (Fsp3) is 0.421. The minimum absolute atomic E-state index is 0.0853. The zero-order valence-electron chi connectivity index (χ0n) is 16.5. The second-order valence-corrected chi connectivity index (χ2v) is 11.6.